The number of aromatic nitrogens is 1. The highest BCUT2D eigenvalue weighted by atomic mass is 19.1. The molecule has 0 aliphatic carbocycles. The Morgan fingerprint density at radius 3 is 2.57 bits per heavy atom. The first-order chi connectivity index (χ1) is 10.2. The van der Waals surface area contributed by atoms with Crippen molar-refractivity contribution in [1.29, 1.82) is 0 Å². The lowest BCUT2D eigenvalue weighted by Crippen LogP contribution is -1.89. The molecule has 0 aliphatic rings. The lowest BCUT2D eigenvalue weighted by Gasteiger charge is -2.05. The van der Waals surface area contributed by atoms with E-state index in [1.54, 1.807) is 19.2 Å². The van der Waals surface area contributed by atoms with Crippen LogP contribution in [-0.4, -0.2) is 12.3 Å². The molecule has 21 heavy (non-hydrogen) atoms. The first-order valence-corrected chi connectivity index (χ1v) is 6.34. The maximum atomic E-state index is 13.1. The molecule has 1 heterocycles. The van der Waals surface area contributed by atoms with Gasteiger partial charge in [0.1, 0.15) is 17.3 Å². The molecule has 0 saturated carbocycles. The smallest absolute Gasteiger partial charge is 0.230 e. The highest BCUT2D eigenvalue weighted by Gasteiger charge is 2.17. The summed E-state index contributed by atoms with van der Waals surface area (Å²) in [4.78, 5) is 0. The largest absolute Gasteiger partial charge is 0.497 e. The molecule has 1 aromatic heterocycles. The minimum absolute atomic E-state index is 0.194. The Bertz CT molecular complexity index is 766. The minimum atomic E-state index is -0.309. The van der Waals surface area contributed by atoms with E-state index in [-0.39, 0.29) is 11.7 Å². The predicted octanol–water partition coefficient (Wildman–Crippen LogP) is 3.74. The third kappa shape index (κ3) is 2.45. The summed E-state index contributed by atoms with van der Waals surface area (Å²) in [7, 11) is 1.59. The van der Waals surface area contributed by atoms with E-state index in [2.05, 4.69) is 5.16 Å². The predicted molar refractivity (Wildman–Crippen MR) is 78.3 cm³/mol. The maximum Gasteiger partial charge on any atom is 0.230 e. The zero-order valence-electron chi connectivity index (χ0n) is 11.3. The van der Waals surface area contributed by atoms with Crippen LogP contribution in [0.4, 0.5) is 10.3 Å². The number of methoxy groups -OCH3 is 1. The van der Waals surface area contributed by atoms with Crippen LogP contribution in [0.2, 0.25) is 0 Å². The molecule has 0 bridgehead atoms. The van der Waals surface area contributed by atoms with Gasteiger partial charge in [0.15, 0.2) is 0 Å². The van der Waals surface area contributed by atoms with Crippen molar-refractivity contribution in [1.82, 2.24) is 5.16 Å². The number of ether oxygens (including phenoxy) is 1. The standard InChI is InChI=1S/C16H13FN2O2/c1-20-13-4-2-3-11(9-13)15-14(16(18)21-19-15)10-5-7-12(17)8-6-10/h2-9H,18H2,1H3. The molecule has 0 saturated heterocycles. The maximum absolute atomic E-state index is 13.1. The molecule has 4 nitrogen and oxygen atoms in total. The average Bonchev–Trinajstić information content (AvgIpc) is 2.90. The van der Waals surface area contributed by atoms with Crippen molar-refractivity contribution >= 4 is 5.88 Å². The van der Waals surface area contributed by atoms with Gasteiger partial charge in [-0.15, -0.1) is 0 Å². The van der Waals surface area contributed by atoms with E-state index in [0.29, 0.717) is 17.0 Å². The van der Waals surface area contributed by atoms with Crippen LogP contribution in [-0.2, 0) is 0 Å². The highest BCUT2D eigenvalue weighted by Crippen LogP contribution is 2.37. The molecule has 0 fully saturated rings. The molecule has 0 amide bonds. The third-order valence-electron chi connectivity index (χ3n) is 3.19. The normalized spacial score (nSPS) is 10.6. The lowest BCUT2D eigenvalue weighted by molar-refractivity contribution is 0.415. The van der Waals surface area contributed by atoms with Crippen molar-refractivity contribution in [3.8, 4) is 28.1 Å². The summed E-state index contributed by atoms with van der Waals surface area (Å²) in [5.41, 5.74) is 8.66. The Morgan fingerprint density at radius 1 is 1.10 bits per heavy atom. The van der Waals surface area contributed by atoms with Gasteiger partial charge in [0.05, 0.1) is 12.7 Å². The van der Waals surface area contributed by atoms with Gasteiger partial charge in [0.2, 0.25) is 5.88 Å². The van der Waals surface area contributed by atoms with Gasteiger partial charge in [-0.1, -0.05) is 29.4 Å². The fraction of sp³-hybridized carbons (Fsp3) is 0.0625. The second-order valence-electron chi connectivity index (χ2n) is 4.51. The van der Waals surface area contributed by atoms with Crippen LogP contribution in [0.5, 0.6) is 5.75 Å². The zero-order chi connectivity index (χ0) is 14.8. The summed E-state index contributed by atoms with van der Waals surface area (Å²) >= 11 is 0. The van der Waals surface area contributed by atoms with Gasteiger partial charge in [-0.3, -0.25) is 0 Å². The van der Waals surface area contributed by atoms with E-state index in [9.17, 15) is 4.39 Å². The fourth-order valence-corrected chi connectivity index (χ4v) is 2.17. The molecular formula is C16H13FN2O2. The van der Waals surface area contributed by atoms with Gasteiger partial charge < -0.3 is 15.0 Å². The number of nitrogens with two attached hydrogens (primary N) is 1. The van der Waals surface area contributed by atoms with Gasteiger partial charge in [-0.2, -0.15) is 0 Å². The van der Waals surface area contributed by atoms with Crippen molar-refractivity contribution in [2.75, 3.05) is 12.8 Å². The van der Waals surface area contributed by atoms with E-state index in [1.165, 1.54) is 12.1 Å². The fourth-order valence-electron chi connectivity index (χ4n) is 2.17. The second-order valence-corrected chi connectivity index (χ2v) is 4.51. The Hall–Kier alpha value is -2.82. The Morgan fingerprint density at radius 2 is 1.86 bits per heavy atom. The molecule has 0 unspecified atom stereocenters. The quantitative estimate of drug-likeness (QED) is 0.796. The van der Waals surface area contributed by atoms with Gasteiger partial charge in [0, 0.05) is 5.56 Å². The van der Waals surface area contributed by atoms with Gasteiger partial charge in [-0.05, 0) is 29.8 Å². The summed E-state index contributed by atoms with van der Waals surface area (Å²) in [5.74, 6) is 0.593. The molecule has 2 N–H and O–H groups in total. The molecule has 5 heteroatoms. The molecule has 3 aromatic rings. The van der Waals surface area contributed by atoms with Crippen LogP contribution < -0.4 is 10.5 Å². The Labute approximate surface area is 120 Å². The second kappa shape index (κ2) is 5.28. The number of nitrogens with zero attached hydrogens (tertiary/aromatic N) is 1. The number of anilines is 1. The number of nitrogen functional groups attached to an aromatic ring is 1. The van der Waals surface area contributed by atoms with Crippen molar-refractivity contribution in [3.05, 3.63) is 54.3 Å². The Balaban J connectivity index is 2.14. The number of hydrogen-bond donors (Lipinski definition) is 1. The number of rotatable bonds is 3. The van der Waals surface area contributed by atoms with Gasteiger partial charge in [-0.25, -0.2) is 4.39 Å². The molecule has 0 radical (unpaired) electrons. The first-order valence-electron chi connectivity index (χ1n) is 6.34. The van der Waals surface area contributed by atoms with Crippen molar-refractivity contribution < 1.29 is 13.7 Å². The molecule has 0 spiro atoms. The van der Waals surface area contributed by atoms with Crippen molar-refractivity contribution in [3.63, 3.8) is 0 Å². The third-order valence-corrected chi connectivity index (χ3v) is 3.19. The van der Waals surface area contributed by atoms with E-state index >= 15 is 0 Å². The van der Waals surface area contributed by atoms with Crippen LogP contribution >= 0.6 is 0 Å². The van der Waals surface area contributed by atoms with E-state index in [4.69, 9.17) is 15.0 Å². The highest BCUT2D eigenvalue weighted by molar-refractivity contribution is 5.87. The SMILES string of the molecule is COc1cccc(-c2noc(N)c2-c2ccc(F)cc2)c1. The van der Waals surface area contributed by atoms with Crippen molar-refractivity contribution in [2.24, 2.45) is 0 Å². The molecular weight excluding hydrogens is 271 g/mol. The number of halogens is 1. The molecule has 0 aliphatic heterocycles. The summed E-state index contributed by atoms with van der Waals surface area (Å²) in [6.45, 7) is 0. The summed E-state index contributed by atoms with van der Waals surface area (Å²) < 4.78 is 23.4. The van der Waals surface area contributed by atoms with Crippen LogP contribution in [0.15, 0.2) is 53.1 Å². The van der Waals surface area contributed by atoms with Crippen LogP contribution in [0.1, 0.15) is 0 Å². The summed E-state index contributed by atoms with van der Waals surface area (Å²) in [6, 6.07) is 13.4. The minimum Gasteiger partial charge on any atom is -0.497 e. The zero-order valence-corrected chi connectivity index (χ0v) is 11.3. The summed E-state index contributed by atoms with van der Waals surface area (Å²) in [6.07, 6.45) is 0. The average molecular weight is 284 g/mol. The molecule has 2 aromatic carbocycles. The number of hydrogen-bond acceptors (Lipinski definition) is 4. The van der Waals surface area contributed by atoms with Crippen LogP contribution in [0.25, 0.3) is 22.4 Å². The van der Waals surface area contributed by atoms with E-state index in [0.717, 1.165) is 11.1 Å². The van der Waals surface area contributed by atoms with Crippen LogP contribution in [0.3, 0.4) is 0 Å². The monoisotopic (exact) mass is 284 g/mol. The van der Waals surface area contributed by atoms with E-state index in [1.807, 2.05) is 24.3 Å². The van der Waals surface area contributed by atoms with Crippen LogP contribution in [0, 0.1) is 5.82 Å². The topological polar surface area (TPSA) is 61.3 Å². The molecule has 106 valence electrons. The molecule has 0 atom stereocenters. The lowest BCUT2D eigenvalue weighted by atomic mass is 10.0. The molecule has 3 rings (SSSR count). The van der Waals surface area contributed by atoms with E-state index < -0.39 is 0 Å². The Kier molecular flexibility index (Phi) is 3.31. The number of benzene rings is 2. The van der Waals surface area contributed by atoms with Gasteiger partial charge in [0.25, 0.3) is 0 Å². The first kappa shape index (κ1) is 13.2. The van der Waals surface area contributed by atoms with Crippen molar-refractivity contribution in [2.45, 2.75) is 0 Å². The summed E-state index contributed by atoms with van der Waals surface area (Å²) in [5, 5.41) is 4.01. The van der Waals surface area contributed by atoms with Gasteiger partial charge >= 0.3 is 0 Å².